The average molecular weight is 408 g/mol. The summed E-state index contributed by atoms with van der Waals surface area (Å²) in [6.45, 7) is 5.82. The molecule has 1 aromatic heterocycles. The largest absolute Gasteiger partial charge is 0.494 e. The van der Waals surface area contributed by atoms with Crippen molar-refractivity contribution in [3.05, 3.63) is 65.4 Å². The minimum atomic E-state index is -0.142. The zero-order chi connectivity index (χ0) is 20.9. The molecular weight excluding hydrogens is 378 g/mol. The van der Waals surface area contributed by atoms with Crippen molar-refractivity contribution in [2.75, 3.05) is 19.7 Å². The Balaban J connectivity index is 1.31. The van der Waals surface area contributed by atoms with Crippen molar-refractivity contribution in [1.29, 1.82) is 0 Å². The quantitative estimate of drug-likeness (QED) is 0.561. The molecule has 6 nitrogen and oxygen atoms in total. The summed E-state index contributed by atoms with van der Waals surface area (Å²) in [4.78, 5) is 18.1. The summed E-state index contributed by atoms with van der Waals surface area (Å²) in [6, 6.07) is 16.0. The molecule has 0 atom stereocenters. The Kier molecular flexibility index (Phi) is 6.35. The van der Waals surface area contributed by atoms with Crippen LogP contribution in [0, 0.1) is 0 Å². The van der Waals surface area contributed by atoms with Gasteiger partial charge in [0, 0.05) is 43.1 Å². The molecule has 3 N–H and O–H groups in total. The van der Waals surface area contributed by atoms with Gasteiger partial charge in [0.05, 0.1) is 12.7 Å². The molecule has 0 radical (unpaired) electrons. The van der Waals surface area contributed by atoms with Crippen LogP contribution in [0.25, 0.3) is 10.9 Å². The van der Waals surface area contributed by atoms with Crippen LogP contribution in [0.4, 0.5) is 0 Å². The van der Waals surface area contributed by atoms with Gasteiger partial charge in [0.2, 0.25) is 0 Å². The molecule has 1 aliphatic rings. The maximum absolute atomic E-state index is 12.6. The van der Waals surface area contributed by atoms with Gasteiger partial charge in [-0.3, -0.25) is 9.69 Å². The highest BCUT2D eigenvalue weighted by molar-refractivity contribution is 5.98. The highest BCUT2D eigenvalue weighted by Gasteiger charge is 2.16. The molecular formula is C24H29N3O3. The molecule has 1 saturated heterocycles. The summed E-state index contributed by atoms with van der Waals surface area (Å²) in [5.74, 6) is 0.666. The maximum Gasteiger partial charge on any atom is 0.267 e. The first-order valence-electron chi connectivity index (χ1n) is 10.6. The van der Waals surface area contributed by atoms with E-state index in [0.717, 1.165) is 54.7 Å². The number of likely N-dealkylation sites (tertiary alicyclic amines) is 1. The van der Waals surface area contributed by atoms with Crippen molar-refractivity contribution in [3.8, 4) is 5.75 Å². The number of H-pyrrole nitrogens is 1. The third-order valence-electron chi connectivity index (χ3n) is 5.59. The monoisotopic (exact) mass is 407 g/mol. The third-order valence-corrected chi connectivity index (χ3v) is 5.59. The summed E-state index contributed by atoms with van der Waals surface area (Å²) in [7, 11) is 0. The van der Waals surface area contributed by atoms with E-state index in [1.807, 2.05) is 31.2 Å². The molecule has 30 heavy (non-hydrogen) atoms. The number of benzene rings is 2. The summed E-state index contributed by atoms with van der Waals surface area (Å²) >= 11 is 0. The molecule has 0 aliphatic carbocycles. The van der Waals surface area contributed by atoms with E-state index in [4.69, 9.17) is 4.74 Å². The number of piperidine rings is 1. The predicted molar refractivity (Wildman–Crippen MR) is 118 cm³/mol. The SMILES string of the molecule is CCOc1ccc2cc(C(=O)NCc3ccc(CN4CCC(O)CC4)cc3)[nH]c2c1. The molecule has 0 unspecified atom stereocenters. The van der Waals surface area contributed by atoms with Gasteiger partial charge in [-0.15, -0.1) is 0 Å². The van der Waals surface area contributed by atoms with Gasteiger partial charge in [-0.1, -0.05) is 24.3 Å². The number of nitrogens with one attached hydrogen (secondary N) is 2. The van der Waals surface area contributed by atoms with Crippen LogP contribution < -0.4 is 10.1 Å². The third kappa shape index (κ3) is 5.01. The molecule has 0 bridgehead atoms. The van der Waals surface area contributed by atoms with Gasteiger partial charge in [-0.2, -0.15) is 0 Å². The fourth-order valence-corrected chi connectivity index (χ4v) is 3.86. The fraction of sp³-hybridized carbons (Fsp3) is 0.375. The summed E-state index contributed by atoms with van der Waals surface area (Å²) in [5, 5.41) is 13.6. The average Bonchev–Trinajstić information content (AvgIpc) is 3.18. The number of aromatic nitrogens is 1. The van der Waals surface area contributed by atoms with Crippen molar-refractivity contribution in [2.24, 2.45) is 0 Å². The Hall–Kier alpha value is -2.83. The molecule has 2 heterocycles. The first kappa shape index (κ1) is 20.4. The number of aliphatic hydroxyl groups excluding tert-OH is 1. The first-order valence-corrected chi connectivity index (χ1v) is 10.6. The van der Waals surface area contributed by atoms with Gasteiger partial charge in [-0.25, -0.2) is 0 Å². The molecule has 0 spiro atoms. The second-order valence-electron chi connectivity index (χ2n) is 7.87. The topological polar surface area (TPSA) is 77.6 Å². The summed E-state index contributed by atoms with van der Waals surface area (Å²) < 4.78 is 5.52. The van der Waals surface area contributed by atoms with Crippen molar-refractivity contribution in [2.45, 2.75) is 39.0 Å². The van der Waals surface area contributed by atoms with Crippen LogP contribution in [-0.2, 0) is 13.1 Å². The van der Waals surface area contributed by atoms with E-state index in [0.29, 0.717) is 18.8 Å². The van der Waals surface area contributed by atoms with Crippen LogP contribution in [0.1, 0.15) is 41.4 Å². The molecule has 1 amide bonds. The molecule has 4 rings (SSSR count). The second-order valence-corrected chi connectivity index (χ2v) is 7.87. The van der Waals surface area contributed by atoms with Crippen LogP contribution in [0.5, 0.6) is 5.75 Å². The van der Waals surface area contributed by atoms with Crippen LogP contribution >= 0.6 is 0 Å². The van der Waals surface area contributed by atoms with Gasteiger partial charge in [0.25, 0.3) is 5.91 Å². The van der Waals surface area contributed by atoms with Gasteiger partial charge in [-0.05, 0) is 49.1 Å². The van der Waals surface area contributed by atoms with Gasteiger partial charge in [0.15, 0.2) is 0 Å². The highest BCUT2D eigenvalue weighted by atomic mass is 16.5. The van der Waals surface area contributed by atoms with Crippen molar-refractivity contribution >= 4 is 16.8 Å². The van der Waals surface area contributed by atoms with Crippen molar-refractivity contribution < 1.29 is 14.6 Å². The number of fused-ring (bicyclic) bond motifs is 1. The molecule has 2 aromatic carbocycles. The predicted octanol–water partition coefficient (Wildman–Crippen LogP) is 3.45. The zero-order valence-corrected chi connectivity index (χ0v) is 17.4. The number of nitrogens with zero attached hydrogens (tertiary/aromatic N) is 1. The lowest BCUT2D eigenvalue weighted by Crippen LogP contribution is -2.35. The normalized spacial score (nSPS) is 15.4. The lowest BCUT2D eigenvalue weighted by Gasteiger charge is -2.29. The number of carbonyl (C=O) groups is 1. The Morgan fingerprint density at radius 1 is 1.13 bits per heavy atom. The number of aromatic amines is 1. The van der Waals surface area contributed by atoms with E-state index in [9.17, 15) is 9.90 Å². The first-order chi connectivity index (χ1) is 14.6. The second kappa shape index (κ2) is 9.32. The van der Waals surface area contributed by atoms with Gasteiger partial charge in [0.1, 0.15) is 11.4 Å². The Bertz CT molecular complexity index is 989. The number of amides is 1. The minimum absolute atomic E-state index is 0.125. The molecule has 1 aliphatic heterocycles. The van der Waals surface area contributed by atoms with E-state index in [-0.39, 0.29) is 12.0 Å². The van der Waals surface area contributed by atoms with E-state index in [1.165, 1.54) is 5.56 Å². The van der Waals surface area contributed by atoms with Crippen molar-refractivity contribution in [3.63, 3.8) is 0 Å². The number of hydrogen-bond donors (Lipinski definition) is 3. The van der Waals surface area contributed by atoms with Crippen molar-refractivity contribution in [1.82, 2.24) is 15.2 Å². The van der Waals surface area contributed by atoms with E-state index in [2.05, 4.69) is 39.5 Å². The summed E-state index contributed by atoms with van der Waals surface area (Å²) in [6.07, 6.45) is 1.56. The van der Waals surface area contributed by atoms with Crippen LogP contribution in [0.15, 0.2) is 48.5 Å². The molecule has 158 valence electrons. The van der Waals surface area contributed by atoms with E-state index >= 15 is 0 Å². The molecule has 1 fully saturated rings. The van der Waals surface area contributed by atoms with Gasteiger partial charge >= 0.3 is 0 Å². The van der Waals surface area contributed by atoms with Crippen LogP contribution in [0.3, 0.4) is 0 Å². The fourth-order valence-electron chi connectivity index (χ4n) is 3.86. The number of carbonyl (C=O) groups excluding carboxylic acids is 1. The lowest BCUT2D eigenvalue weighted by molar-refractivity contribution is 0.0792. The molecule has 6 heteroatoms. The van der Waals surface area contributed by atoms with Gasteiger partial charge < -0.3 is 20.1 Å². The van der Waals surface area contributed by atoms with Crippen LogP contribution in [-0.4, -0.2) is 46.7 Å². The highest BCUT2D eigenvalue weighted by Crippen LogP contribution is 2.21. The zero-order valence-electron chi connectivity index (χ0n) is 17.4. The van der Waals surface area contributed by atoms with Crippen LogP contribution in [0.2, 0.25) is 0 Å². The standard InChI is InChI=1S/C24H29N3O3/c1-2-30-21-8-7-19-13-23(26-22(19)14-21)24(29)25-15-17-3-5-18(6-4-17)16-27-11-9-20(28)10-12-27/h3-8,13-14,20,26,28H,2,9-12,15-16H2,1H3,(H,25,29). The molecule has 3 aromatic rings. The molecule has 0 saturated carbocycles. The Labute approximate surface area is 176 Å². The number of aliphatic hydroxyl groups is 1. The van der Waals surface area contributed by atoms with E-state index < -0.39 is 0 Å². The maximum atomic E-state index is 12.6. The van der Waals surface area contributed by atoms with E-state index in [1.54, 1.807) is 0 Å². The lowest BCUT2D eigenvalue weighted by atomic mass is 10.1. The number of rotatable bonds is 7. The Morgan fingerprint density at radius 2 is 1.87 bits per heavy atom. The number of hydrogen-bond acceptors (Lipinski definition) is 4. The Morgan fingerprint density at radius 3 is 2.60 bits per heavy atom. The summed E-state index contributed by atoms with van der Waals surface area (Å²) in [5.41, 5.74) is 3.75. The minimum Gasteiger partial charge on any atom is -0.494 e. The number of ether oxygens (including phenoxy) is 1. The smallest absolute Gasteiger partial charge is 0.267 e.